The molecule has 0 fully saturated rings. The zero-order chi connectivity index (χ0) is 13.8. The third-order valence-corrected chi connectivity index (χ3v) is 3.95. The van der Waals surface area contributed by atoms with Gasteiger partial charge < -0.3 is 10.6 Å². The van der Waals surface area contributed by atoms with Crippen LogP contribution in [0.4, 0.5) is 24.1 Å². The Bertz CT molecular complexity index is 604. The number of aryl methyl sites for hydroxylation is 1. The summed E-state index contributed by atoms with van der Waals surface area (Å²) in [6.45, 7) is 0.837. The lowest BCUT2D eigenvalue weighted by Gasteiger charge is -2.13. The molecule has 2 N–H and O–H groups in total. The number of rotatable bonds is 1. The fourth-order valence-electron chi connectivity index (χ4n) is 2.02. The van der Waals surface area contributed by atoms with E-state index >= 15 is 0 Å². The topological polar surface area (TPSA) is 72.9 Å². The number of hydrogen-bond acceptors (Lipinski definition) is 6. The van der Waals surface area contributed by atoms with Crippen LogP contribution in [0.1, 0.15) is 16.3 Å². The van der Waals surface area contributed by atoms with Gasteiger partial charge in [-0.25, -0.2) is 0 Å². The normalized spacial score (nSPS) is 15.1. The summed E-state index contributed by atoms with van der Waals surface area (Å²) in [6, 6.07) is 0. The molecule has 0 bridgehead atoms. The van der Waals surface area contributed by atoms with Crippen molar-refractivity contribution in [1.29, 1.82) is 0 Å². The Morgan fingerprint density at radius 3 is 2.58 bits per heavy atom. The van der Waals surface area contributed by atoms with Crippen molar-refractivity contribution >= 4 is 22.3 Å². The van der Waals surface area contributed by atoms with Gasteiger partial charge in [0, 0.05) is 12.6 Å². The van der Waals surface area contributed by atoms with Gasteiger partial charge in [0.15, 0.2) is 5.82 Å². The fourth-order valence-corrected chi connectivity index (χ4v) is 2.73. The highest BCUT2D eigenvalue weighted by atomic mass is 32.1. The van der Waals surface area contributed by atoms with Gasteiger partial charge in [-0.1, -0.05) is 11.3 Å². The van der Waals surface area contributed by atoms with Gasteiger partial charge in [-0.2, -0.15) is 18.3 Å². The molecule has 0 saturated heterocycles. The molecule has 2 aromatic heterocycles. The van der Waals surface area contributed by atoms with E-state index < -0.39 is 11.2 Å². The Morgan fingerprint density at radius 1 is 1.26 bits per heavy atom. The van der Waals surface area contributed by atoms with Crippen LogP contribution in [0.25, 0.3) is 0 Å². The summed E-state index contributed by atoms with van der Waals surface area (Å²) in [4.78, 5) is 1.70. The van der Waals surface area contributed by atoms with Crippen molar-refractivity contribution in [2.45, 2.75) is 19.3 Å². The Kier molecular flexibility index (Phi) is 2.46. The highest BCUT2D eigenvalue weighted by molar-refractivity contribution is 7.15. The molecular formula is C9H9F3N6S. The average molecular weight is 290 g/mol. The van der Waals surface area contributed by atoms with Crippen LogP contribution in [-0.4, -0.2) is 20.0 Å². The first kappa shape index (κ1) is 12.2. The molecule has 0 spiro atoms. The van der Waals surface area contributed by atoms with Gasteiger partial charge in [-0.15, -0.1) is 10.2 Å². The lowest BCUT2D eigenvalue weighted by atomic mass is 10.3. The van der Waals surface area contributed by atoms with Gasteiger partial charge in [-0.3, -0.25) is 4.68 Å². The lowest BCUT2D eigenvalue weighted by molar-refractivity contribution is -0.138. The number of nitrogens with two attached hydrogens (primary N) is 1. The van der Waals surface area contributed by atoms with Crippen molar-refractivity contribution in [3.05, 3.63) is 16.3 Å². The molecule has 10 heteroatoms. The van der Waals surface area contributed by atoms with E-state index in [1.54, 1.807) is 16.6 Å². The summed E-state index contributed by atoms with van der Waals surface area (Å²) in [5.41, 5.74) is 7.47. The molecule has 0 unspecified atom stereocenters. The van der Waals surface area contributed by atoms with Crippen molar-refractivity contribution in [3.63, 3.8) is 0 Å². The molecule has 0 atom stereocenters. The van der Waals surface area contributed by atoms with E-state index in [1.807, 2.05) is 0 Å². The molecule has 19 heavy (non-hydrogen) atoms. The minimum Gasteiger partial charge on any atom is -0.382 e. The van der Waals surface area contributed by atoms with Gasteiger partial charge in [0.25, 0.3) is 0 Å². The number of nitrogens with zero attached hydrogens (tertiary/aromatic N) is 5. The largest absolute Gasteiger partial charge is 0.445 e. The Morgan fingerprint density at radius 2 is 2.00 bits per heavy atom. The van der Waals surface area contributed by atoms with E-state index in [-0.39, 0.29) is 5.13 Å². The van der Waals surface area contributed by atoms with Crippen LogP contribution < -0.4 is 10.6 Å². The maximum absolute atomic E-state index is 12.5. The number of nitrogen functional groups attached to an aromatic ring is 1. The number of anilines is 2. The first-order chi connectivity index (χ1) is 8.86. The van der Waals surface area contributed by atoms with Gasteiger partial charge in [-0.05, 0) is 0 Å². The predicted octanol–water partition coefficient (Wildman–Crippen LogP) is 1.39. The van der Waals surface area contributed by atoms with E-state index in [0.29, 0.717) is 30.2 Å². The van der Waals surface area contributed by atoms with Crippen LogP contribution in [0.2, 0.25) is 0 Å². The van der Waals surface area contributed by atoms with Crippen LogP contribution in [0.15, 0.2) is 0 Å². The van der Waals surface area contributed by atoms with Crippen LogP contribution >= 0.6 is 11.3 Å². The summed E-state index contributed by atoms with van der Waals surface area (Å²) in [5, 5.41) is 10.1. The molecule has 2 aromatic rings. The number of fused-ring (bicyclic) bond motifs is 1. The summed E-state index contributed by atoms with van der Waals surface area (Å²) in [5.74, 6) is 0.403. The first-order valence-corrected chi connectivity index (χ1v) is 6.14. The SMILES string of the molecule is Cn1nc(N)c2c1CN(c1nnc(C(F)(F)F)s1)C2. The number of halogens is 3. The van der Waals surface area contributed by atoms with Gasteiger partial charge in [0.05, 0.1) is 18.8 Å². The predicted molar refractivity (Wildman–Crippen MR) is 62.4 cm³/mol. The van der Waals surface area contributed by atoms with Crippen LogP contribution in [0.5, 0.6) is 0 Å². The Balaban J connectivity index is 1.87. The molecule has 0 radical (unpaired) electrons. The van der Waals surface area contributed by atoms with Crippen LogP contribution in [-0.2, 0) is 26.3 Å². The summed E-state index contributed by atoms with van der Waals surface area (Å²) < 4.78 is 39.1. The van der Waals surface area contributed by atoms with E-state index in [4.69, 9.17) is 5.73 Å². The van der Waals surface area contributed by atoms with Crippen molar-refractivity contribution in [2.24, 2.45) is 7.05 Å². The molecule has 3 heterocycles. The second-order valence-electron chi connectivity index (χ2n) is 4.18. The highest BCUT2D eigenvalue weighted by Crippen LogP contribution is 2.37. The van der Waals surface area contributed by atoms with Gasteiger partial charge in [0.2, 0.25) is 10.1 Å². The molecule has 1 aliphatic heterocycles. The van der Waals surface area contributed by atoms with Crippen molar-refractivity contribution in [1.82, 2.24) is 20.0 Å². The maximum Gasteiger partial charge on any atom is 0.445 e. The zero-order valence-electron chi connectivity index (χ0n) is 9.77. The molecular weight excluding hydrogens is 281 g/mol. The molecule has 3 rings (SSSR count). The maximum atomic E-state index is 12.5. The van der Waals surface area contributed by atoms with Gasteiger partial charge >= 0.3 is 6.18 Å². The number of alkyl halides is 3. The minimum atomic E-state index is -4.46. The van der Waals surface area contributed by atoms with E-state index in [9.17, 15) is 13.2 Å². The second-order valence-corrected chi connectivity index (χ2v) is 5.13. The van der Waals surface area contributed by atoms with Crippen LogP contribution in [0.3, 0.4) is 0 Å². The number of aromatic nitrogens is 4. The Labute approximate surface area is 109 Å². The molecule has 0 saturated carbocycles. The van der Waals surface area contributed by atoms with E-state index in [1.165, 1.54) is 0 Å². The quantitative estimate of drug-likeness (QED) is 0.859. The average Bonchev–Trinajstić information content (AvgIpc) is 2.97. The zero-order valence-corrected chi connectivity index (χ0v) is 10.6. The van der Waals surface area contributed by atoms with E-state index in [0.717, 1.165) is 11.3 Å². The number of hydrogen-bond donors (Lipinski definition) is 1. The van der Waals surface area contributed by atoms with Crippen LogP contribution in [0, 0.1) is 0 Å². The first-order valence-electron chi connectivity index (χ1n) is 5.32. The molecule has 0 amide bonds. The molecule has 0 aromatic carbocycles. The minimum absolute atomic E-state index is 0.239. The lowest BCUT2D eigenvalue weighted by Crippen LogP contribution is -2.16. The van der Waals surface area contributed by atoms with E-state index in [2.05, 4.69) is 15.3 Å². The third kappa shape index (κ3) is 1.91. The molecule has 6 nitrogen and oxygen atoms in total. The molecule has 0 aliphatic carbocycles. The Hall–Kier alpha value is -1.84. The highest BCUT2D eigenvalue weighted by Gasteiger charge is 2.37. The summed E-state index contributed by atoms with van der Waals surface area (Å²) in [6.07, 6.45) is -4.46. The standard InChI is InChI=1S/C9H9F3N6S/c1-17-5-3-18(2-4(5)6(13)16-17)8-15-14-7(19-8)9(10,11)12/h2-3H2,1H3,(H2,13,16). The summed E-state index contributed by atoms with van der Waals surface area (Å²) >= 11 is 0.531. The van der Waals surface area contributed by atoms with Gasteiger partial charge in [0.1, 0.15) is 0 Å². The van der Waals surface area contributed by atoms with Crippen molar-refractivity contribution in [3.8, 4) is 0 Å². The third-order valence-electron chi connectivity index (χ3n) is 2.92. The summed E-state index contributed by atoms with van der Waals surface area (Å²) in [7, 11) is 1.75. The monoisotopic (exact) mass is 290 g/mol. The molecule has 1 aliphatic rings. The smallest absolute Gasteiger partial charge is 0.382 e. The van der Waals surface area contributed by atoms with Crippen molar-refractivity contribution < 1.29 is 13.2 Å². The van der Waals surface area contributed by atoms with Crippen molar-refractivity contribution in [2.75, 3.05) is 10.6 Å². The fraction of sp³-hybridized carbons (Fsp3) is 0.444. The second kappa shape index (κ2) is 3.83. The molecule has 102 valence electrons.